The van der Waals surface area contributed by atoms with Crippen molar-refractivity contribution in [3.05, 3.63) is 29.0 Å². The second-order valence-electron chi connectivity index (χ2n) is 3.55. The summed E-state index contributed by atoms with van der Waals surface area (Å²) in [5.41, 5.74) is 5.38. The Hall–Kier alpha value is -1.27. The molecule has 0 aromatic carbocycles. The van der Waals surface area contributed by atoms with Gasteiger partial charge in [-0.2, -0.15) is 0 Å². The third-order valence-corrected chi connectivity index (χ3v) is 1.70. The van der Waals surface area contributed by atoms with E-state index in [9.17, 15) is 4.79 Å². The molecule has 78 valence electrons. The molecule has 0 fully saturated rings. The number of carboxylic acid groups (broad SMARTS) is 1. The molecule has 0 aromatic rings. The van der Waals surface area contributed by atoms with E-state index in [1.54, 1.807) is 6.08 Å². The first kappa shape index (κ1) is 12.7. The van der Waals surface area contributed by atoms with Gasteiger partial charge in [0.25, 0.3) is 0 Å². The zero-order chi connectivity index (χ0) is 11.0. The van der Waals surface area contributed by atoms with Crippen molar-refractivity contribution in [1.82, 2.24) is 0 Å². The summed E-state index contributed by atoms with van der Waals surface area (Å²) < 4.78 is 0. The van der Waals surface area contributed by atoms with E-state index in [4.69, 9.17) is 5.11 Å². The molecule has 0 heterocycles. The molecule has 0 unspecified atom stereocenters. The molecule has 0 aliphatic rings. The fourth-order valence-corrected chi connectivity index (χ4v) is 0.962. The lowest BCUT2D eigenvalue weighted by atomic mass is 10.1. The number of carboxylic acids is 1. The molecular weight excluding hydrogens is 176 g/mol. The Morgan fingerprint density at radius 1 is 1.36 bits per heavy atom. The van der Waals surface area contributed by atoms with Gasteiger partial charge in [-0.05, 0) is 45.3 Å². The van der Waals surface area contributed by atoms with Crippen LogP contribution in [0.2, 0.25) is 0 Å². The highest BCUT2D eigenvalue weighted by atomic mass is 16.4. The average molecular weight is 194 g/mol. The molecule has 14 heavy (non-hydrogen) atoms. The molecule has 0 saturated carbocycles. The molecule has 0 atom stereocenters. The first-order valence-corrected chi connectivity index (χ1v) is 4.78. The molecule has 0 rings (SSSR count). The summed E-state index contributed by atoms with van der Waals surface area (Å²) in [6.07, 6.45) is 5.74. The minimum absolute atomic E-state index is 0.0555. The number of hydrogen-bond acceptors (Lipinski definition) is 1. The molecule has 0 aliphatic carbocycles. The Kier molecular flexibility index (Phi) is 6.51. The second-order valence-corrected chi connectivity index (χ2v) is 3.55. The van der Waals surface area contributed by atoms with Gasteiger partial charge < -0.3 is 5.11 Å². The predicted octanol–water partition coefficient (Wildman–Crippen LogP) is 3.31. The number of hydrogen-bond donors (Lipinski definition) is 1. The van der Waals surface area contributed by atoms with Crippen molar-refractivity contribution < 1.29 is 9.90 Å². The summed E-state index contributed by atoms with van der Waals surface area (Å²) in [4.78, 5) is 10.2. The number of rotatable bonds is 5. The highest BCUT2D eigenvalue weighted by Gasteiger charge is 1.89. The van der Waals surface area contributed by atoms with Crippen molar-refractivity contribution in [2.75, 3.05) is 0 Å². The van der Waals surface area contributed by atoms with Crippen LogP contribution in [0.1, 0.15) is 40.0 Å². The van der Waals surface area contributed by atoms with Gasteiger partial charge in [-0.3, -0.25) is 4.79 Å². The van der Waals surface area contributed by atoms with Crippen molar-refractivity contribution >= 4 is 5.97 Å². The van der Waals surface area contributed by atoms with Gasteiger partial charge in [0.15, 0.2) is 0 Å². The van der Waals surface area contributed by atoms with Gasteiger partial charge in [0.05, 0.1) is 6.42 Å². The first-order valence-electron chi connectivity index (χ1n) is 4.78. The molecule has 0 aromatic heterocycles. The third kappa shape index (κ3) is 8.82. The largest absolute Gasteiger partial charge is 0.481 e. The monoisotopic (exact) mass is 194 g/mol. The molecule has 0 saturated heterocycles. The summed E-state index contributed by atoms with van der Waals surface area (Å²) in [5.74, 6) is -0.811. The number of aliphatic carboxylic acids is 1. The van der Waals surface area contributed by atoms with E-state index in [0.717, 1.165) is 18.4 Å². The van der Waals surface area contributed by atoms with Crippen molar-refractivity contribution in [3.63, 3.8) is 0 Å². The lowest BCUT2D eigenvalue weighted by molar-refractivity contribution is -0.135. The quantitative estimate of drug-likeness (QED) is 0.538. The molecule has 2 nitrogen and oxygen atoms in total. The Balaban J connectivity index is 3.94. The van der Waals surface area contributed by atoms with Crippen molar-refractivity contribution in [1.29, 1.82) is 0 Å². The van der Waals surface area contributed by atoms with E-state index in [1.807, 2.05) is 6.92 Å². The van der Waals surface area contributed by atoms with Crippen LogP contribution in [0.25, 0.3) is 0 Å². The van der Waals surface area contributed by atoms with Crippen LogP contribution in [0.3, 0.4) is 0 Å². The smallest absolute Gasteiger partial charge is 0.307 e. The summed E-state index contributed by atoms with van der Waals surface area (Å²) >= 11 is 0. The molecule has 1 N–H and O–H groups in total. The van der Waals surface area contributed by atoms with E-state index in [0.29, 0.717) is 0 Å². The maximum absolute atomic E-state index is 10.2. The summed E-state index contributed by atoms with van der Waals surface area (Å²) in [5, 5.41) is 8.39. The first-order chi connectivity index (χ1) is 6.52. The Bertz CT molecular complexity index is 275. The van der Waals surface area contributed by atoms with Gasteiger partial charge in [-0.15, -0.1) is 5.73 Å². The van der Waals surface area contributed by atoms with E-state index in [-0.39, 0.29) is 6.42 Å². The van der Waals surface area contributed by atoms with Crippen LogP contribution in [0.15, 0.2) is 29.0 Å². The molecule has 0 spiro atoms. The van der Waals surface area contributed by atoms with Crippen LogP contribution in [0, 0.1) is 0 Å². The van der Waals surface area contributed by atoms with Crippen LogP contribution >= 0.6 is 0 Å². The lowest BCUT2D eigenvalue weighted by Crippen LogP contribution is -1.89. The van der Waals surface area contributed by atoms with Crippen molar-refractivity contribution in [3.8, 4) is 0 Å². The third-order valence-electron chi connectivity index (χ3n) is 1.70. The van der Waals surface area contributed by atoms with E-state index < -0.39 is 5.97 Å². The number of allylic oxidation sites excluding steroid dienone is 2. The van der Waals surface area contributed by atoms with Crippen LogP contribution < -0.4 is 0 Å². The maximum atomic E-state index is 10.2. The van der Waals surface area contributed by atoms with Gasteiger partial charge >= 0.3 is 5.97 Å². The minimum atomic E-state index is -0.811. The zero-order valence-electron chi connectivity index (χ0n) is 9.13. The molecule has 0 bridgehead atoms. The minimum Gasteiger partial charge on any atom is -0.481 e. The molecule has 0 aliphatic heterocycles. The van der Waals surface area contributed by atoms with Crippen molar-refractivity contribution in [2.24, 2.45) is 0 Å². The van der Waals surface area contributed by atoms with Crippen LogP contribution in [-0.2, 0) is 4.79 Å². The van der Waals surface area contributed by atoms with Gasteiger partial charge in [0.1, 0.15) is 0 Å². The molecule has 2 heteroatoms. The van der Waals surface area contributed by atoms with Crippen molar-refractivity contribution in [2.45, 2.75) is 40.0 Å². The topological polar surface area (TPSA) is 37.3 Å². The zero-order valence-corrected chi connectivity index (χ0v) is 9.13. The van der Waals surface area contributed by atoms with E-state index in [1.165, 1.54) is 5.57 Å². The average Bonchev–Trinajstić information content (AvgIpc) is 2.02. The van der Waals surface area contributed by atoms with Gasteiger partial charge in [0, 0.05) is 0 Å². The predicted molar refractivity (Wildman–Crippen MR) is 58.2 cm³/mol. The fraction of sp³-hybridized carbons (Fsp3) is 0.500. The molecule has 0 amide bonds. The second kappa shape index (κ2) is 7.16. The van der Waals surface area contributed by atoms with Crippen LogP contribution in [0.4, 0.5) is 0 Å². The lowest BCUT2D eigenvalue weighted by Gasteiger charge is -1.93. The Labute approximate surface area is 85.6 Å². The summed E-state index contributed by atoms with van der Waals surface area (Å²) in [6.45, 7) is 6.11. The Morgan fingerprint density at radius 3 is 2.50 bits per heavy atom. The highest BCUT2D eigenvalue weighted by molar-refractivity contribution is 5.68. The fourth-order valence-electron chi connectivity index (χ4n) is 0.962. The van der Waals surface area contributed by atoms with E-state index in [2.05, 4.69) is 25.7 Å². The molecule has 0 radical (unpaired) electrons. The summed E-state index contributed by atoms with van der Waals surface area (Å²) in [7, 11) is 0. The Morgan fingerprint density at radius 2 is 2.00 bits per heavy atom. The summed E-state index contributed by atoms with van der Waals surface area (Å²) in [6, 6.07) is 0. The molecular formula is C12H18O2. The van der Waals surface area contributed by atoms with Gasteiger partial charge in [-0.25, -0.2) is 0 Å². The maximum Gasteiger partial charge on any atom is 0.307 e. The van der Waals surface area contributed by atoms with Gasteiger partial charge in [-0.1, -0.05) is 11.6 Å². The van der Waals surface area contributed by atoms with Gasteiger partial charge in [0.2, 0.25) is 0 Å². The number of carbonyl (C=O) groups is 1. The standard InChI is InChI=1S/C12H18O2/c1-10(2)6-4-7-11(3)8-5-9-12(13)14/h5-6H,4,7,9H2,1-3H3,(H,13,14). The van der Waals surface area contributed by atoms with Crippen LogP contribution in [0.5, 0.6) is 0 Å². The van der Waals surface area contributed by atoms with E-state index >= 15 is 0 Å². The normalized spacial score (nSPS) is 8.79. The SMILES string of the molecule is CC(=C=CCC(=O)O)CCC=C(C)C. The van der Waals surface area contributed by atoms with Crippen LogP contribution in [-0.4, -0.2) is 11.1 Å². The highest BCUT2D eigenvalue weighted by Crippen LogP contribution is 2.04.